The van der Waals surface area contributed by atoms with Gasteiger partial charge in [0.1, 0.15) is 12.4 Å². The minimum Gasteiger partial charge on any atom is -0.489 e. The van der Waals surface area contributed by atoms with Gasteiger partial charge in [0, 0.05) is 38.1 Å². The molecule has 0 aliphatic carbocycles. The highest BCUT2D eigenvalue weighted by Crippen LogP contribution is 2.17. The van der Waals surface area contributed by atoms with Crippen LogP contribution in [0.15, 0.2) is 84.6 Å². The normalized spacial score (nSPS) is 11.1. The molecule has 0 amide bonds. The summed E-state index contributed by atoms with van der Waals surface area (Å²) in [6, 6.07) is 18.1. The van der Waals surface area contributed by atoms with E-state index < -0.39 is 0 Å². The van der Waals surface area contributed by atoms with Crippen LogP contribution in [-0.2, 0) is 13.1 Å². The fourth-order valence-corrected chi connectivity index (χ4v) is 2.71. The lowest BCUT2D eigenvalue weighted by Crippen LogP contribution is -2.36. The lowest BCUT2D eigenvalue weighted by atomic mass is 10.2. The standard InChI is InChI=1S/C22H25N5O/c1-3-15-28-21-8-5-4-7-19(21)17-25-22(23-2)24-16-18-9-11-20(12-10-18)27-14-6-13-26-27/h3-14H,1,15-17H2,2H3,(H2,23,24,25). The van der Waals surface area contributed by atoms with Gasteiger partial charge in [0.2, 0.25) is 0 Å². The van der Waals surface area contributed by atoms with Crippen LogP contribution in [0.2, 0.25) is 0 Å². The summed E-state index contributed by atoms with van der Waals surface area (Å²) < 4.78 is 7.53. The van der Waals surface area contributed by atoms with E-state index in [-0.39, 0.29) is 0 Å². The number of hydrogen-bond donors (Lipinski definition) is 2. The van der Waals surface area contributed by atoms with Crippen LogP contribution in [0, 0.1) is 0 Å². The van der Waals surface area contributed by atoms with Crippen LogP contribution in [0.1, 0.15) is 11.1 Å². The molecule has 0 aliphatic heterocycles. The number of nitrogens with one attached hydrogen (secondary N) is 2. The first kappa shape index (κ1) is 19.2. The highest BCUT2D eigenvalue weighted by Gasteiger charge is 2.04. The second kappa shape index (κ2) is 9.97. The van der Waals surface area contributed by atoms with Crippen LogP contribution in [-0.4, -0.2) is 29.4 Å². The summed E-state index contributed by atoms with van der Waals surface area (Å²) in [7, 11) is 1.76. The summed E-state index contributed by atoms with van der Waals surface area (Å²) in [6.07, 6.45) is 5.43. The molecule has 0 bridgehead atoms. The van der Waals surface area contributed by atoms with E-state index in [1.165, 1.54) is 0 Å². The summed E-state index contributed by atoms with van der Waals surface area (Å²) in [5.74, 6) is 1.58. The molecule has 0 spiro atoms. The number of hydrogen-bond acceptors (Lipinski definition) is 3. The zero-order valence-electron chi connectivity index (χ0n) is 16.0. The average molecular weight is 375 g/mol. The molecule has 0 fully saturated rings. The Bertz CT molecular complexity index is 901. The van der Waals surface area contributed by atoms with E-state index in [0.717, 1.165) is 28.5 Å². The lowest BCUT2D eigenvalue weighted by molar-refractivity contribution is 0.358. The molecular weight excluding hydrogens is 350 g/mol. The molecule has 6 nitrogen and oxygen atoms in total. The van der Waals surface area contributed by atoms with Crippen molar-refractivity contribution in [3.63, 3.8) is 0 Å². The van der Waals surface area contributed by atoms with Crippen molar-refractivity contribution in [2.24, 2.45) is 4.99 Å². The summed E-state index contributed by atoms with van der Waals surface area (Å²) >= 11 is 0. The average Bonchev–Trinajstić information content (AvgIpc) is 3.28. The highest BCUT2D eigenvalue weighted by molar-refractivity contribution is 5.79. The van der Waals surface area contributed by atoms with Crippen molar-refractivity contribution in [1.29, 1.82) is 0 Å². The minimum absolute atomic E-state index is 0.485. The van der Waals surface area contributed by atoms with Crippen molar-refractivity contribution in [3.05, 3.63) is 90.8 Å². The van der Waals surface area contributed by atoms with Crippen molar-refractivity contribution in [2.45, 2.75) is 13.1 Å². The molecule has 28 heavy (non-hydrogen) atoms. The first-order valence-electron chi connectivity index (χ1n) is 9.15. The Morgan fingerprint density at radius 3 is 2.61 bits per heavy atom. The Balaban J connectivity index is 1.53. The molecule has 0 saturated heterocycles. The molecule has 144 valence electrons. The van der Waals surface area contributed by atoms with Gasteiger partial charge in [-0.3, -0.25) is 4.99 Å². The molecular formula is C22H25N5O. The van der Waals surface area contributed by atoms with Crippen molar-refractivity contribution in [2.75, 3.05) is 13.7 Å². The van der Waals surface area contributed by atoms with Gasteiger partial charge in [-0.1, -0.05) is 43.0 Å². The Hall–Kier alpha value is -3.54. The number of ether oxygens (including phenoxy) is 1. The molecule has 2 N–H and O–H groups in total. The van der Waals surface area contributed by atoms with Crippen molar-refractivity contribution in [3.8, 4) is 11.4 Å². The first-order valence-corrected chi connectivity index (χ1v) is 9.15. The van der Waals surface area contributed by atoms with E-state index in [1.807, 2.05) is 53.3 Å². The van der Waals surface area contributed by atoms with Gasteiger partial charge in [-0.05, 0) is 29.8 Å². The zero-order chi connectivity index (χ0) is 19.6. The van der Waals surface area contributed by atoms with Gasteiger partial charge in [0.25, 0.3) is 0 Å². The molecule has 3 rings (SSSR count). The van der Waals surface area contributed by atoms with E-state index >= 15 is 0 Å². The number of nitrogens with zero attached hydrogens (tertiary/aromatic N) is 3. The van der Waals surface area contributed by atoms with Crippen LogP contribution in [0.5, 0.6) is 5.75 Å². The maximum absolute atomic E-state index is 5.70. The molecule has 0 unspecified atom stereocenters. The van der Waals surface area contributed by atoms with Gasteiger partial charge < -0.3 is 15.4 Å². The Morgan fingerprint density at radius 2 is 1.89 bits per heavy atom. The number of benzene rings is 2. The molecule has 3 aromatic rings. The summed E-state index contributed by atoms with van der Waals surface area (Å²) in [5, 5.41) is 10.9. The fourth-order valence-electron chi connectivity index (χ4n) is 2.71. The second-order valence-corrected chi connectivity index (χ2v) is 6.10. The molecule has 2 aromatic carbocycles. The van der Waals surface area contributed by atoms with Crippen molar-refractivity contribution in [1.82, 2.24) is 20.4 Å². The Morgan fingerprint density at radius 1 is 1.11 bits per heavy atom. The van der Waals surface area contributed by atoms with Crippen molar-refractivity contribution >= 4 is 5.96 Å². The van der Waals surface area contributed by atoms with Gasteiger partial charge in [-0.25, -0.2) is 4.68 Å². The van der Waals surface area contributed by atoms with E-state index in [1.54, 1.807) is 19.3 Å². The number of aliphatic imine (C=N–C) groups is 1. The van der Waals surface area contributed by atoms with Crippen LogP contribution in [0.3, 0.4) is 0 Å². The summed E-state index contributed by atoms with van der Waals surface area (Å²) in [5.41, 5.74) is 3.26. The Labute approximate surface area is 165 Å². The number of aromatic nitrogens is 2. The van der Waals surface area contributed by atoms with E-state index in [0.29, 0.717) is 19.7 Å². The van der Waals surface area contributed by atoms with E-state index in [4.69, 9.17) is 4.74 Å². The smallest absolute Gasteiger partial charge is 0.191 e. The van der Waals surface area contributed by atoms with Crippen LogP contribution in [0.4, 0.5) is 0 Å². The van der Waals surface area contributed by atoms with Gasteiger partial charge in [0.15, 0.2) is 5.96 Å². The lowest BCUT2D eigenvalue weighted by Gasteiger charge is -2.14. The van der Waals surface area contributed by atoms with Gasteiger partial charge in [-0.2, -0.15) is 5.10 Å². The quantitative estimate of drug-likeness (QED) is 0.360. The van der Waals surface area contributed by atoms with Crippen LogP contribution in [0.25, 0.3) is 5.69 Å². The maximum atomic E-state index is 5.70. The number of rotatable bonds is 8. The van der Waals surface area contributed by atoms with Gasteiger partial charge in [-0.15, -0.1) is 0 Å². The SMILES string of the molecule is C=CCOc1ccccc1CNC(=NC)NCc1ccc(-n2cccn2)cc1. The van der Waals surface area contributed by atoms with Crippen molar-refractivity contribution < 1.29 is 4.74 Å². The zero-order valence-corrected chi connectivity index (χ0v) is 16.0. The maximum Gasteiger partial charge on any atom is 0.191 e. The molecule has 0 radical (unpaired) electrons. The monoisotopic (exact) mass is 375 g/mol. The summed E-state index contributed by atoms with van der Waals surface area (Å²) in [6.45, 7) is 5.47. The van der Waals surface area contributed by atoms with Crippen LogP contribution >= 0.6 is 0 Å². The predicted octanol–water partition coefficient (Wildman–Crippen LogP) is 3.30. The topological polar surface area (TPSA) is 63.5 Å². The minimum atomic E-state index is 0.485. The summed E-state index contributed by atoms with van der Waals surface area (Å²) in [4.78, 5) is 4.29. The molecule has 1 aromatic heterocycles. The molecule has 0 atom stereocenters. The Kier molecular flexibility index (Phi) is 6.84. The predicted molar refractivity (Wildman–Crippen MR) is 113 cm³/mol. The highest BCUT2D eigenvalue weighted by atomic mass is 16.5. The fraction of sp³-hybridized carbons (Fsp3) is 0.182. The second-order valence-electron chi connectivity index (χ2n) is 6.10. The first-order chi connectivity index (χ1) is 13.8. The largest absolute Gasteiger partial charge is 0.489 e. The molecule has 1 heterocycles. The number of guanidine groups is 1. The number of para-hydroxylation sites is 1. The third-order valence-electron chi connectivity index (χ3n) is 4.16. The molecule has 0 aliphatic rings. The third-order valence-corrected chi connectivity index (χ3v) is 4.16. The van der Waals surface area contributed by atoms with Crippen LogP contribution < -0.4 is 15.4 Å². The molecule has 0 saturated carbocycles. The van der Waals surface area contributed by atoms with Gasteiger partial charge >= 0.3 is 0 Å². The third kappa shape index (κ3) is 5.23. The van der Waals surface area contributed by atoms with Gasteiger partial charge in [0.05, 0.1) is 5.69 Å². The van der Waals surface area contributed by atoms with E-state index in [2.05, 4.69) is 39.4 Å². The molecule has 6 heteroatoms. The van der Waals surface area contributed by atoms with E-state index in [9.17, 15) is 0 Å².